The van der Waals surface area contributed by atoms with Gasteiger partial charge in [0.25, 0.3) is 0 Å². The van der Waals surface area contributed by atoms with Gasteiger partial charge in [0, 0.05) is 36.5 Å². The molecule has 0 aliphatic heterocycles. The summed E-state index contributed by atoms with van der Waals surface area (Å²) in [6, 6.07) is 19.0. The molecule has 0 amide bonds. The Kier molecular flexibility index (Phi) is 8.90. The molecule has 0 unspecified atom stereocenters. The molecule has 0 saturated heterocycles. The molecule has 380 valence electrons. The third-order valence-corrected chi connectivity index (χ3v) is 15.4. The van der Waals surface area contributed by atoms with Gasteiger partial charge in [-0.05, 0) is 181 Å². The Labute approximate surface area is 468 Å². The smallest absolute Gasteiger partial charge is 0.149 e. The fourth-order valence-corrected chi connectivity index (χ4v) is 9.81. The highest BCUT2D eigenvalue weighted by atomic mass is 16.3. The number of phenolic OH excluding ortho intramolecular Hbond substituents is 1. The third-order valence-electron chi connectivity index (χ3n) is 15.4. The normalized spacial score (nSPS) is 17.8. The molecule has 4 heteroatoms. The van der Waals surface area contributed by atoms with E-state index in [9.17, 15) is 16.1 Å². The Morgan fingerprint density at radius 3 is 1.86 bits per heavy atom. The van der Waals surface area contributed by atoms with Gasteiger partial charge in [-0.2, -0.15) is 0 Å². The number of aryl methyl sites for hydroxylation is 1. The lowest BCUT2D eigenvalue weighted by Gasteiger charge is -2.36. The molecule has 0 atom stereocenters. The van der Waals surface area contributed by atoms with Crippen LogP contribution in [0.5, 0.6) is 5.75 Å². The SMILES string of the molecule is [2H]c1nc(-c2cc(-c3cccc4c3nc(-c3cc(C([2H])(C)C)cc(C([2H])(C)C)c3O)n4-c3ccc(-c4c(C(C)(CC)CC)cccc4C(C)(CC)CC)cc3C([2H])([2H])[2H])cc(C(C)(C)C)c2)c([2H])c(-c2c([2H])c([2H])c(C(C([2H])([2H])[2H])(C([2H])([2H])[2H])C([2H])([2H])[2H])c([2H])c2[2H])c1[2H]. The summed E-state index contributed by atoms with van der Waals surface area (Å²) < 4.78 is 188. The highest BCUT2D eigenvalue weighted by Gasteiger charge is 2.33. The number of aromatic nitrogens is 3. The Hall–Kier alpha value is -6.26. The molecule has 0 saturated carbocycles. The van der Waals surface area contributed by atoms with E-state index in [1.54, 1.807) is 86.9 Å². The van der Waals surface area contributed by atoms with Crippen LogP contribution in [0.3, 0.4) is 0 Å². The van der Waals surface area contributed by atoms with Crippen LogP contribution >= 0.6 is 0 Å². The number of pyridine rings is 1. The molecule has 4 nitrogen and oxygen atoms in total. The number of phenols is 1. The Bertz CT molecular complexity index is 4170. The molecule has 8 aromatic rings. The van der Waals surface area contributed by atoms with Crippen LogP contribution in [-0.2, 0) is 21.7 Å². The first-order valence-corrected chi connectivity index (χ1v) is 25.4. The maximum atomic E-state index is 12.6. The zero-order chi connectivity index (χ0) is 70.9. The van der Waals surface area contributed by atoms with Crippen molar-refractivity contribution in [2.24, 2.45) is 0 Å². The van der Waals surface area contributed by atoms with E-state index in [0.717, 1.165) is 42.4 Å². The Morgan fingerprint density at radius 1 is 0.630 bits per heavy atom. The maximum Gasteiger partial charge on any atom is 0.149 e. The standard InChI is InChI=1S/C69H83N3O/c1-18-68(16,19-2)57-25-23-26-58(69(17,20-3)21-4)62(57)48-30-33-60(45(9)36-48)72-61-27-22-24-54(63(61)71-65(72)56-41-49(43(5)6)40-55(44(7)8)64(56)73)50-37-51(39-53(38-50)67(13,14)15)59-42-47(34-35-70-59)46-28-31-52(32-29-46)66(10,11)12/h22-44,73H,18-21H2,1-17H3/i9D3,10D3,11D3,12D3,28D,29D,31D,32D,34D,35D,42D,43D,44D. The molecule has 0 radical (unpaired) electrons. The van der Waals surface area contributed by atoms with Gasteiger partial charge in [0.15, 0.2) is 0 Å². The molecule has 1 N–H and O–H groups in total. The summed E-state index contributed by atoms with van der Waals surface area (Å²) in [6.45, 7) is 10.7. The van der Waals surface area contributed by atoms with Crippen LogP contribution in [-0.4, -0.2) is 19.6 Å². The van der Waals surface area contributed by atoms with E-state index in [-0.39, 0.29) is 61.6 Å². The number of rotatable bonds is 14. The summed E-state index contributed by atoms with van der Waals surface area (Å²) >= 11 is 0. The van der Waals surface area contributed by atoms with Gasteiger partial charge in [0.1, 0.15) is 11.6 Å². The van der Waals surface area contributed by atoms with E-state index in [0.29, 0.717) is 33.3 Å². The zero-order valence-electron chi connectivity index (χ0n) is 65.7. The van der Waals surface area contributed by atoms with Crippen LogP contribution in [0.1, 0.15) is 216 Å². The molecule has 0 aliphatic carbocycles. The van der Waals surface area contributed by atoms with Gasteiger partial charge in [-0.3, -0.25) is 9.55 Å². The second-order valence-electron chi connectivity index (χ2n) is 21.6. The van der Waals surface area contributed by atoms with Crippen molar-refractivity contribution in [3.63, 3.8) is 0 Å². The summed E-state index contributed by atoms with van der Waals surface area (Å²) in [5.74, 6) is -2.95. The minimum atomic E-state index is -3.97. The topological polar surface area (TPSA) is 50.9 Å². The number of aromatic hydroxyl groups is 1. The lowest BCUT2D eigenvalue weighted by atomic mass is 9.68. The van der Waals surface area contributed by atoms with Crippen molar-refractivity contribution in [3.8, 4) is 67.5 Å². The van der Waals surface area contributed by atoms with Gasteiger partial charge in [0.2, 0.25) is 0 Å². The first-order chi connectivity index (χ1) is 42.9. The number of hydrogen-bond donors (Lipinski definition) is 1. The van der Waals surface area contributed by atoms with Crippen LogP contribution in [0.25, 0.3) is 72.7 Å². The summed E-state index contributed by atoms with van der Waals surface area (Å²) in [5.41, 5.74) is -1.45. The summed E-state index contributed by atoms with van der Waals surface area (Å²) in [4.78, 5) is 9.80. The number of imidazole rings is 1. The van der Waals surface area contributed by atoms with Crippen molar-refractivity contribution < 1.29 is 33.9 Å². The molecule has 0 bridgehead atoms. The van der Waals surface area contributed by atoms with E-state index >= 15 is 0 Å². The number of para-hydroxylation sites is 1. The highest BCUT2D eigenvalue weighted by Crippen LogP contribution is 2.48. The van der Waals surface area contributed by atoms with Crippen LogP contribution in [0, 0.1) is 6.85 Å². The molecule has 6 aromatic carbocycles. The van der Waals surface area contributed by atoms with E-state index < -0.39 is 109 Å². The van der Waals surface area contributed by atoms with Crippen LogP contribution in [0.15, 0.2) is 127 Å². The Balaban J connectivity index is 1.50. The van der Waals surface area contributed by atoms with Crippen LogP contribution in [0.4, 0.5) is 0 Å². The molecule has 2 aromatic heterocycles. The zero-order valence-corrected chi connectivity index (χ0v) is 44.7. The molecular formula is C69H83N3O. The first-order valence-electron chi connectivity index (χ1n) is 35.9. The van der Waals surface area contributed by atoms with E-state index in [4.69, 9.17) is 22.8 Å². The molecule has 0 spiro atoms. The average molecular weight is 992 g/mol. The molecular weight excluding hydrogens is 887 g/mol. The first kappa shape index (κ1) is 32.1. The molecule has 0 fully saturated rings. The van der Waals surface area contributed by atoms with Gasteiger partial charge >= 0.3 is 0 Å². The number of nitrogens with zero attached hydrogens (tertiary/aromatic N) is 3. The van der Waals surface area contributed by atoms with Crippen molar-refractivity contribution in [2.45, 2.75) is 177 Å². The predicted molar refractivity (Wildman–Crippen MR) is 314 cm³/mol. The Morgan fingerprint density at radius 2 is 1.27 bits per heavy atom. The molecule has 73 heavy (non-hydrogen) atoms. The minimum absolute atomic E-state index is 0.0351. The largest absolute Gasteiger partial charge is 0.507 e. The van der Waals surface area contributed by atoms with E-state index in [1.165, 1.54) is 0 Å². The lowest BCUT2D eigenvalue weighted by molar-refractivity contribution is 0.426. The molecule has 8 rings (SSSR count). The third kappa shape index (κ3) is 10.1. The van der Waals surface area contributed by atoms with Gasteiger partial charge < -0.3 is 5.11 Å². The van der Waals surface area contributed by atoms with Gasteiger partial charge in [-0.1, -0.05) is 183 Å². The lowest BCUT2D eigenvalue weighted by Crippen LogP contribution is -2.25. The quantitative estimate of drug-likeness (QED) is 0.118. The van der Waals surface area contributed by atoms with Crippen molar-refractivity contribution in [1.29, 1.82) is 0 Å². The summed E-state index contributed by atoms with van der Waals surface area (Å²) in [5, 5.41) is 12.6. The summed E-state index contributed by atoms with van der Waals surface area (Å²) in [7, 11) is 0. The minimum Gasteiger partial charge on any atom is -0.507 e. The van der Waals surface area contributed by atoms with E-state index in [2.05, 4.69) is 64.7 Å². The maximum absolute atomic E-state index is 12.6. The molecule has 0 aliphatic rings. The van der Waals surface area contributed by atoms with Crippen LogP contribution in [0.2, 0.25) is 0 Å². The second kappa shape index (κ2) is 20.2. The second-order valence-corrected chi connectivity index (χ2v) is 21.6. The fraction of sp³-hybridized carbons (Fsp3) is 0.391. The van der Waals surface area contributed by atoms with Gasteiger partial charge in [-0.25, -0.2) is 4.98 Å². The highest BCUT2D eigenvalue weighted by molar-refractivity contribution is 5.97. The monoisotopic (exact) mass is 991 g/mol. The average Bonchev–Trinajstić information content (AvgIpc) is 0.797. The van der Waals surface area contributed by atoms with Crippen LogP contribution < -0.4 is 0 Å². The molecule has 2 heterocycles. The van der Waals surface area contributed by atoms with E-state index in [1.807, 2.05) is 32.9 Å². The van der Waals surface area contributed by atoms with Crippen molar-refractivity contribution in [3.05, 3.63) is 166 Å². The van der Waals surface area contributed by atoms with Gasteiger partial charge in [0.05, 0.1) is 37.6 Å². The van der Waals surface area contributed by atoms with Crippen molar-refractivity contribution in [1.82, 2.24) is 14.5 Å². The van der Waals surface area contributed by atoms with Crippen molar-refractivity contribution >= 4 is 11.0 Å². The number of benzene rings is 6. The predicted octanol–water partition coefficient (Wildman–Crippen LogP) is 19.8. The fourth-order valence-electron chi connectivity index (χ4n) is 9.81. The van der Waals surface area contributed by atoms with Crippen molar-refractivity contribution in [2.75, 3.05) is 0 Å². The summed E-state index contributed by atoms with van der Waals surface area (Å²) in [6.07, 6.45) is 2.46. The number of hydrogen-bond acceptors (Lipinski definition) is 3. The van der Waals surface area contributed by atoms with Gasteiger partial charge in [-0.15, -0.1) is 0 Å². The number of fused-ring (bicyclic) bond motifs is 1.